The van der Waals surface area contributed by atoms with Crippen molar-refractivity contribution in [1.29, 1.82) is 0 Å². The number of rotatable bonds is 11. The lowest BCUT2D eigenvalue weighted by Gasteiger charge is -2.10. The lowest BCUT2D eigenvalue weighted by atomic mass is 10.2. The van der Waals surface area contributed by atoms with Gasteiger partial charge in [-0.1, -0.05) is 53.7 Å². The molecule has 42 heavy (non-hydrogen) atoms. The van der Waals surface area contributed by atoms with Gasteiger partial charge in [0.1, 0.15) is 12.4 Å². The van der Waals surface area contributed by atoms with Crippen molar-refractivity contribution in [3.05, 3.63) is 129 Å². The number of aromatic nitrogens is 3. The van der Waals surface area contributed by atoms with E-state index in [1.807, 2.05) is 59.2 Å². The monoisotopic (exact) mass is 598 g/mol. The summed E-state index contributed by atoms with van der Waals surface area (Å²) in [4.78, 5) is 23.0. The zero-order valence-electron chi connectivity index (χ0n) is 22.0. The molecule has 1 amide bonds. The van der Waals surface area contributed by atoms with Crippen LogP contribution in [0.4, 0.5) is 5.69 Å². The average molecular weight is 599 g/mol. The van der Waals surface area contributed by atoms with Gasteiger partial charge in [0.2, 0.25) is 0 Å². The minimum absolute atomic E-state index is 0.0162. The summed E-state index contributed by atoms with van der Waals surface area (Å²) in [6.45, 7) is 0.214. The maximum atomic E-state index is 12.6. The van der Waals surface area contributed by atoms with Crippen LogP contribution in [0.3, 0.4) is 0 Å². The molecule has 10 nitrogen and oxygen atoms in total. The highest BCUT2D eigenvalue weighted by Gasteiger charge is 2.17. The number of hydrogen-bond acceptors (Lipinski definition) is 8. The van der Waals surface area contributed by atoms with E-state index in [1.54, 1.807) is 36.4 Å². The largest absolute Gasteiger partial charge is 0.488 e. The van der Waals surface area contributed by atoms with E-state index in [-0.39, 0.29) is 24.0 Å². The van der Waals surface area contributed by atoms with Gasteiger partial charge in [0.15, 0.2) is 11.0 Å². The van der Waals surface area contributed by atoms with Crippen LogP contribution in [0.15, 0.2) is 113 Å². The fraction of sp³-hybridized carbons (Fsp3) is 0.0667. The number of nitrogens with one attached hydrogen (secondary N) is 1. The van der Waals surface area contributed by atoms with E-state index < -0.39 is 4.92 Å². The zero-order chi connectivity index (χ0) is 29.3. The lowest BCUT2D eigenvalue weighted by molar-refractivity contribution is -0.384. The first-order valence-corrected chi connectivity index (χ1v) is 14.0. The standard InChI is InChI=1S/C30H23ClN6O4S/c31-24-14-12-22(13-15-24)29-34-35-30(36(29)25-7-2-1-3-8-25)42-20-28(38)33-32-18-23-6-4-5-9-27(23)41-19-21-10-16-26(17-11-21)37(39)40/h1-18H,19-20H2,(H,33,38)/b32-18+. The van der Waals surface area contributed by atoms with E-state index in [1.165, 1.54) is 30.1 Å². The molecular formula is C30H23ClN6O4S. The van der Waals surface area contributed by atoms with Crippen LogP contribution in [0.2, 0.25) is 5.02 Å². The average Bonchev–Trinajstić information content (AvgIpc) is 3.44. The Morgan fingerprint density at radius 3 is 2.43 bits per heavy atom. The van der Waals surface area contributed by atoms with E-state index in [9.17, 15) is 14.9 Å². The molecule has 210 valence electrons. The molecule has 0 bridgehead atoms. The topological polar surface area (TPSA) is 125 Å². The number of hydrazone groups is 1. The van der Waals surface area contributed by atoms with E-state index in [0.717, 1.165) is 16.8 Å². The Morgan fingerprint density at radius 2 is 1.69 bits per heavy atom. The predicted octanol–water partition coefficient (Wildman–Crippen LogP) is 6.32. The van der Waals surface area contributed by atoms with Crippen molar-refractivity contribution < 1.29 is 14.5 Å². The Morgan fingerprint density at radius 1 is 0.976 bits per heavy atom. The minimum atomic E-state index is -0.448. The third-order valence-corrected chi connectivity index (χ3v) is 7.12. The number of non-ortho nitro benzene ring substituents is 1. The van der Waals surface area contributed by atoms with Gasteiger partial charge in [-0.2, -0.15) is 5.10 Å². The Bertz CT molecular complexity index is 1710. The van der Waals surface area contributed by atoms with E-state index in [4.69, 9.17) is 16.3 Å². The molecule has 0 unspecified atom stereocenters. The molecule has 0 spiro atoms. The van der Waals surface area contributed by atoms with Gasteiger partial charge in [0.25, 0.3) is 11.6 Å². The minimum Gasteiger partial charge on any atom is -0.488 e. The van der Waals surface area contributed by atoms with Crippen molar-refractivity contribution >= 4 is 41.2 Å². The summed E-state index contributed by atoms with van der Waals surface area (Å²) in [5, 5.41) is 24.8. The molecule has 1 N–H and O–H groups in total. The van der Waals surface area contributed by atoms with Crippen LogP contribution in [0.5, 0.6) is 5.75 Å². The summed E-state index contributed by atoms with van der Waals surface area (Å²) < 4.78 is 7.78. The van der Waals surface area contributed by atoms with Crippen LogP contribution in [-0.2, 0) is 11.4 Å². The second-order valence-corrected chi connectivity index (χ2v) is 10.2. The number of nitro benzene ring substituents is 1. The van der Waals surface area contributed by atoms with Crippen molar-refractivity contribution in [3.63, 3.8) is 0 Å². The van der Waals surface area contributed by atoms with Crippen molar-refractivity contribution in [3.8, 4) is 22.8 Å². The number of para-hydroxylation sites is 2. The van der Waals surface area contributed by atoms with Gasteiger partial charge in [0, 0.05) is 34.0 Å². The third kappa shape index (κ3) is 7.19. The number of thioether (sulfide) groups is 1. The summed E-state index contributed by atoms with van der Waals surface area (Å²) in [6.07, 6.45) is 1.50. The molecule has 4 aromatic carbocycles. The molecule has 0 atom stereocenters. The van der Waals surface area contributed by atoms with Gasteiger partial charge in [-0.05, 0) is 66.2 Å². The fourth-order valence-corrected chi connectivity index (χ4v) is 4.76. The molecule has 5 aromatic rings. The smallest absolute Gasteiger partial charge is 0.269 e. The van der Waals surface area contributed by atoms with E-state index >= 15 is 0 Å². The highest BCUT2D eigenvalue weighted by Crippen LogP contribution is 2.28. The second-order valence-electron chi connectivity index (χ2n) is 8.82. The SMILES string of the molecule is O=C(CSc1nnc(-c2ccc(Cl)cc2)n1-c1ccccc1)N/N=C/c1ccccc1OCc1ccc([N+](=O)[O-])cc1. The van der Waals surface area contributed by atoms with Crippen LogP contribution >= 0.6 is 23.4 Å². The number of hydrogen-bond donors (Lipinski definition) is 1. The normalized spacial score (nSPS) is 11.0. The number of nitrogens with zero attached hydrogens (tertiary/aromatic N) is 5. The summed E-state index contributed by atoms with van der Waals surface area (Å²) in [6, 6.07) is 30.3. The molecule has 0 fully saturated rings. The molecule has 0 saturated carbocycles. The number of carbonyl (C=O) groups excluding carboxylic acids is 1. The molecule has 0 aliphatic rings. The first-order valence-electron chi connectivity index (χ1n) is 12.6. The number of nitro groups is 1. The van der Waals surface area contributed by atoms with Crippen molar-refractivity contribution in [1.82, 2.24) is 20.2 Å². The number of carbonyl (C=O) groups is 1. The maximum absolute atomic E-state index is 12.6. The van der Waals surface area contributed by atoms with Gasteiger partial charge in [-0.25, -0.2) is 5.43 Å². The Balaban J connectivity index is 1.22. The predicted molar refractivity (Wildman–Crippen MR) is 162 cm³/mol. The van der Waals surface area contributed by atoms with Crippen molar-refractivity contribution in [2.24, 2.45) is 5.10 Å². The molecule has 0 saturated heterocycles. The van der Waals surface area contributed by atoms with Crippen LogP contribution in [0.1, 0.15) is 11.1 Å². The Labute approximate surface area is 250 Å². The molecule has 0 radical (unpaired) electrons. The molecule has 0 aliphatic heterocycles. The zero-order valence-corrected chi connectivity index (χ0v) is 23.5. The Kier molecular flexibility index (Phi) is 9.22. The van der Waals surface area contributed by atoms with Crippen molar-refractivity contribution in [2.75, 3.05) is 5.75 Å². The fourth-order valence-electron chi connectivity index (χ4n) is 3.89. The van der Waals surface area contributed by atoms with Gasteiger partial charge in [-0.3, -0.25) is 19.5 Å². The van der Waals surface area contributed by atoms with E-state index in [0.29, 0.717) is 27.3 Å². The van der Waals surface area contributed by atoms with Crippen LogP contribution in [0, 0.1) is 10.1 Å². The Hall–Kier alpha value is -5.00. The molecular weight excluding hydrogens is 576 g/mol. The van der Waals surface area contributed by atoms with Gasteiger partial charge >= 0.3 is 0 Å². The summed E-state index contributed by atoms with van der Waals surface area (Å²) >= 11 is 7.30. The first-order chi connectivity index (χ1) is 20.5. The van der Waals surface area contributed by atoms with Crippen molar-refractivity contribution in [2.45, 2.75) is 11.8 Å². The van der Waals surface area contributed by atoms with Gasteiger partial charge in [0.05, 0.1) is 16.9 Å². The summed E-state index contributed by atoms with van der Waals surface area (Å²) in [7, 11) is 0. The first kappa shape index (κ1) is 28.5. The summed E-state index contributed by atoms with van der Waals surface area (Å²) in [5.74, 6) is 0.913. The molecule has 12 heteroatoms. The maximum Gasteiger partial charge on any atom is 0.269 e. The van der Waals surface area contributed by atoms with Crippen LogP contribution < -0.4 is 10.2 Å². The van der Waals surface area contributed by atoms with Gasteiger partial charge < -0.3 is 4.74 Å². The lowest BCUT2D eigenvalue weighted by Crippen LogP contribution is -2.20. The summed E-state index contributed by atoms with van der Waals surface area (Å²) in [5.41, 5.74) is 5.69. The number of halogens is 1. The molecule has 1 aromatic heterocycles. The van der Waals surface area contributed by atoms with E-state index in [2.05, 4.69) is 20.7 Å². The second kappa shape index (κ2) is 13.6. The molecule has 0 aliphatic carbocycles. The highest BCUT2D eigenvalue weighted by molar-refractivity contribution is 7.99. The number of amides is 1. The molecule has 5 rings (SSSR count). The molecule has 1 heterocycles. The third-order valence-electron chi connectivity index (χ3n) is 5.94. The van der Waals surface area contributed by atoms with Gasteiger partial charge in [-0.15, -0.1) is 10.2 Å². The van der Waals surface area contributed by atoms with Crippen LogP contribution in [-0.4, -0.2) is 37.6 Å². The number of ether oxygens (including phenoxy) is 1. The quantitative estimate of drug-likeness (QED) is 0.0816. The van der Waals surface area contributed by atoms with Crippen LogP contribution in [0.25, 0.3) is 17.1 Å². The number of benzene rings is 4. The highest BCUT2D eigenvalue weighted by atomic mass is 35.5.